The summed E-state index contributed by atoms with van der Waals surface area (Å²) in [4.78, 5) is 30.0. The smallest absolute Gasteiger partial charge is 0.387 e. The zero-order valence-electron chi connectivity index (χ0n) is 24.2. The highest BCUT2D eigenvalue weighted by Crippen LogP contribution is 2.38. The number of esters is 2. The van der Waals surface area contributed by atoms with Crippen molar-refractivity contribution in [1.82, 2.24) is 4.98 Å². The molecule has 236 valence electrons. The van der Waals surface area contributed by atoms with E-state index in [4.69, 9.17) is 47.9 Å². The third-order valence-corrected chi connectivity index (χ3v) is 7.57. The molecule has 0 spiro atoms. The van der Waals surface area contributed by atoms with Gasteiger partial charge in [0.2, 0.25) is 0 Å². The molecule has 0 amide bonds. The van der Waals surface area contributed by atoms with Crippen molar-refractivity contribution in [2.24, 2.45) is 17.6 Å². The molecule has 2 N–H and O–H groups in total. The second-order valence-electron chi connectivity index (χ2n) is 10.6. The molecular weight excluding hydrogens is 621 g/mol. The molecule has 1 saturated carbocycles. The number of hydrogen-bond acceptors (Lipinski definition) is 9. The van der Waals surface area contributed by atoms with Crippen LogP contribution < -0.4 is 24.7 Å². The average molecular weight is 654 g/mol. The van der Waals surface area contributed by atoms with Gasteiger partial charge in [0.15, 0.2) is 23.0 Å². The fourth-order valence-electron chi connectivity index (χ4n) is 4.10. The van der Waals surface area contributed by atoms with Gasteiger partial charge in [0.25, 0.3) is 0 Å². The lowest BCUT2D eigenvalue weighted by atomic mass is 10.0. The van der Waals surface area contributed by atoms with E-state index in [0.29, 0.717) is 23.7 Å². The Morgan fingerprint density at radius 1 is 1.00 bits per heavy atom. The van der Waals surface area contributed by atoms with Gasteiger partial charge in [-0.1, -0.05) is 43.1 Å². The van der Waals surface area contributed by atoms with Gasteiger partial charge in [0.05, 0.1) is 29.3 Å². The standard InChI is InChI=1S/C31H32Cl2F2N2O7/c1-16(2)28(36)30(39)43-27-11-19(7-8-23(27)40-3)29(38)42-25(12-20-21(32)13-37-14-22(20)33)18-6-9-24(44-31(34)35)26(10-18)41-15-17-4-5-17/h6-11,13-14,16-17,25,28,31H,4-5,12,15,36H2,1-3H3/t25-,28-/m0/s1. The number of rotatable bonds is 14. The van der Waals surface area contributed by atoms with Crippen molar-refractivity contribution in [3.63, 3.8) is 0 Å². The van der Waals surface area contributed by atoms with E-state index in [-0.39, 0.29) is 50.9 Å². The summed E-state index contributed by atoms with van der Waals surface area (Å²) in [6, 6.07) is 7.58. The highest BCUT2D eigenvalue weighted by atomic mass is 35.5. The summed E-state index contributed by atoms with van der Waals surface area (Å²) in [6.07, 6.45) is 3.74. The average Bonchev–Trinajstić information content (AvgIpc) is 3.81. The van der Waals surface area contributed by atoms with Gasteiger partial charge in [-0.15, -0.1) is 0 Å². The van der Waals surface area contributed by atoms with Gasteiger partial charge in [-0.05, 0) is 66.1 Å². The number of ether oxygens (including phenoxy) is 5. The second-order valence-corrected chi connectivity index (χ2v) is 11.4. The maximum atomic E-state index is 13.5. The van der Waals surface area contributed by atoms with Crippen LogP contribution in [0.5, 0.6) is 23.0 Å². The van der Waals surface area contributed by atoms with E-state index in [1.165, 1.54) is 55.9 Å². The normalized spacial score (nSPS) is 14.2. The first-order valence-electron chi connectivity index (χ1n) is 13.8. The van der Waals surface area contributed by atoms with Crippen LogP contribution in [0, 0.1) is 11.8 Å². The molecule has 9 nitrogen and oxygen atoms in total. The summed E-state index contributed by atoms with van der Waals surface area (Å²) in [7, 11) is 1.38. The molecule has 1 heterocycles. The number of aromatic nitrogens is 1. The van der Waals surface area contributed by atoms with Crippen LogP contribution in [-0.4, -0.2) is 43.3 Å². The van der Waals surface area contributed by atoms with Crippen LogP contribution in [0.1, 0.15) is 54.3 Å². The van der Waals surface area contributed by atoms with Gasteiger partial charge in [0, 0.05) is 18.8 Å². The zero-order chi connectivity index (χ0) is 32.0. The van der Waals surface area contributed by atoms with Crippen LogP contribution in [0.25, 0.3) is 0 Å². The summed E-state index contributed by atoms with van der Waals surface area (Å²) >= 11 is 12.8. The molecule has 0 bridgehead atoms. The Balaban J connectivity index is 1.67. The van der Waals surface area contributed by atoms with Crippen molar-refractivity contribution in [2.45, 2.75) is 51.9 Å². The molecule has 2 atom stereocenters. The lowest BCUT2D eigenvalue weighted by Crippen LogP contribution is -2.38. The largest absolute Gasteiger partial charge is 0.493 e. The number of pyridine rings is 1. The van der Waals surface area contributed by atoms with Gasteiger partial charge in [-0.25, -0.2) is 9.59 Å². The molecule has 4 rings (SSSR count). The van der Waals surface area contributed by atoms with Crippen LogP contribution in [0.15, 0.2) is 48.8 Å². The van der Waals surface area contributed by atoms with Crippen molar-refractivity contribution in [3.05, 3.63) is 75.5 Å². The number of carbonyl (C=O) groups excluding carboxylic acids is 2. The van der Waals surface area contributed by atoms with Gasteiger partial charge < -0.3 is 29.4 Å². The minimum absolute atomic E-state index is 0.00425. The summed E-state index contributed by atoms with van der Waals surface area (Å²) in [5.74, 6) is -1.27. The first-order valence-corrected chi connectivity index (χ1v) is 14.6. The number of carbonyl (C=O) groups is 2. The molecule has 1 fully saturated rings. The fourth-order valence-corrected chi connectivity index (χ4v) is 4.62. The predicted molar refractivity (Wildman–Crippen MR) is 159 cm³/mol. The van der Waals surface area contributed by atoms with E-state index < -0.39 is 30.7 Å². The predicted octanol–water partition coefficient (Wildman–Crippen LogP) is 6.82. The Hall–Kier alpha value is -3.67. The fraction of sp³-hybridized carbons (Fsp3) is 0.387. The van der Waals surface area contributed by atoms with Crippen molar-refractivity contribution in [2.75, 3.05) is 13.7 Å². The summed E-state index contributed by atoms with van der Waals surface area (Å²) in [5.41, 5.74) is 6.80. The van der Waals surface area contributed by atoms with E-state index in [1.54, 1.807) is 13.8 Å². The lowest BCUT2D eigenvalue weighted by Gasteiger charge is -2.22. The van der Waals surface area contributed by atoms with Gasteiger partial charge in [-0.3, -0.25) is 4.98 Å². The molecule has 3 aromatic rings. The van der Waals surface area contributed by atoms with Crippen molar-refractivity contribution in [1.29, 1.82) is 0 Å². The molecule has 0 unspecified atom stereocenters. The number of methoxy groups -OCH3 is 1. The Kier molecular flexibility index (Phi) is 11.2. The topological polar surface area (TPSA) is 119 Å². The quantitative estimate of drug-likeness (QED) is 0.148. The summed E-state index contributed by atoms with van der Waals surface area (Å²) in [6.45, 7) is 0.795. The highest BCUT2D eigenvalue weighted by molar-refractivity contribution is 6.35. The third-order valence-electron chi connectivity index (χ3n) is 6.92. The molecular formula is C31H32Cl2F2N2O7. The van der Waals surface area contributed by atoms with Crippen LogP contribution in [0.3, 0.4) is 0 Å². The maximum Gasteiger partial charge on any atom is 0.387 e. The number of benzene rings is 2. The molecule has 13 heteroatoms. The molecule has 1 aliphatic rings. The summed E-state index contributed by atoms with van der Waals surface area (Å²) < 4.78 is 53.4. The molecule has 0 saturated heterocycles. The van der Waals surface area contributed by atoms with Crippen LogP contribution in [0.4, 0.5) is 8.78 Å². The van der Waals surface area contributed by atoms with E-state index in [2.05, 4.69) is 9.72 Å². The monoisotopic (exact) mass is 652 g/mol. The van der Waals surface area contributed by atoms with Gasteiger partial charge in [0.1, 0.15) is 12.1 Å². The summed E-state index contributed by atoms with van der Waals surface area (Å²) in [5, 5.41) is 0.475. The Morgan fingerprint density at radius 2 is 1.68 bits per heavy atom. The second kappa shape index (κ2) is 14.9. The van der Waals surface area contributed by atoms with Crippen LogP contribution in [-0.2, 0) is 16.0 Å². The molecule has 1 aromatic heterocycles. The van der Waals surface area contributed by atoms with Crippen LogP contribution in [0.2, 0.25) is 10.0 Å². The SMILES string of the molecule is COc1ccc(C(=O)O[C@@H](Cc2c(Cl)cncc2Cl)c2ccc(OC(F)F)c(OCC3CC3)c2)cc1OC(=O)[C@@H](N)C(C)C. The molecule has 1 aliphatic carbocycles. The van der Waals surface area contributed by atoms with Gasteiger partial charge >= 0.3 is 18.6 Å². The Labute approximate surface area is 263 Å². The molecule has 2 aromatic carbocycles. The van der Waals surface area contributed by atoms with E-state index in [1.807, 2.05) is 0 Å². The first-order chi connectivity index (χ1) is 21.0. The lowest BCUT2D eigenvalue weighted by molar-refractivity contribution is -0.136. The maximum absolute atomic E-state index is 13.5. The van der Waals surface area contributed by atoms with E-state index in [9.17, 15) is 18.4 Å². The first kappa shape index (κ1) is 33.2. The zero-order valence-corrected chi connectivity index (χ0v) is 25.7. The van der Waals surface area contributed by atoms with E-state index in [0.717, 1.165) is 12.8 Å². The molecule has 0 radical (unpaired) electrons. The van der Waals surface area contributed by atoms with Crippen LogP contribution >= 0.6 is 23.2 Å². The minimum atomic E-state index is -3.07. The Bertz CT molecular complexity index is 1470. The third kappa shape index (κ3) is 8.71. The molecule has 44 heavy (non-hydrogen) atoms. The number of halogens is 4. The number of hydrogen-bond donors (Lipinski definition) is 1. The van der Waals surface area contributed by atoms with Crippen molar-refractivity contribution < 1.29 is 42.1 Å². The van der Waals surface area contributed by atoms with Crippen molar-refractivity contribution in [3.8, 4) is 23.0 Å². The number of nitrogens with zero attached hydrogens (tertiary/aromatic N) is 1. The molecule has 0 aliphatic heterocycles. The van der Waals surface area contributed by atoms with E-state index >= 15 is 0 Å². The van der Waals surface area contributed by atoms with Crippen molar-refractivity contribution >= 4 is 35.1 Å². The minimum Gasteiger partial charge on any atom is -0.493 e. The van der Waals surface area contributed by atoms with Gasteiger partial charge in [-0.2, -0.15) is 8.78 Å². The number of alkyl halides is 2. The number of nitrogens with two attached hydrogens (primary N) is 1. The Morgan fingerprint density at radius 3 is 2.30 bits per heavy atom. The highest BCUT2D eigenvalue weighted by Gasteiger charge is 2.27.